The van der Waals surface area contributed by atoms with E-state index in [1.165, 1.54) is 0 Å². The van der Waals surface area contributed by atoms with Crippen molar-refractivity contribution in [3.63, 3.8) is 0 Å². The third-order valence-electron chi connectivity index (χ3n) is 2.67. The smallest absolute Gasteiger partial charge is 0.254 e. The van der Waals surface area contributed by atoms with Gasteiger partial charge in [-0.2, -0.15) is 0 Å². The molecule has 0 saturated carbocycles. The molecule has 2 nitrogen and oxygen atoms in total. The van der Waals surface area contributed by atoms with Crippen LogP contribution in [0.2, 0.25) is 0 Å². The number of nitrogens with one attached hydrogen (secondary N) is 1. The molecule has 0 saturated heterocycles. The lowest BCUT2D eigenvalue weighted by Crippen LogP contribution is -2.26. The molecule has 1 N–H and O–H groups in total. The summed E-state index contributed by atoms with van der Waals surface area (Å²) in [5.41, 5.74) is -0.326. The van der Waals surface area contributed by atoms with Crippen molar-refractivity contribution >= 4 is 5.91 Å². The molecule has 0 aliphatic heterocycles. The van der Waals surface area contributed by atoms with E-state index in [1.807, 2.05) is 0 Å². The second-order valence-corrected chi connectivity index (χ2v) is 5.64. The fraction of sp³-hybridized carbons (Fsp3) is 0.500. The van der Waals surface area contributed by atoms with Crippen molar-refractivity contribution in [1.29, 1.82) is 0 Å². The lowest BCUT2D eigenvalue weighted by molar-refractivity contribution is 0.0946. The van der Waals surface area contributed by atoms with Crippen LogP contribution in [0.4, 0.5) is 13.2 Å². The van der Waals surface area contributed by atoms with Gasteiger partial charge in [0.25, 0.3) is 5.91 Å². The average Bonchev–Trinajstić information content (AvgIpc) is 2.30. The van der Waals surface area contributed by atoms with Gasteiger partial charge in [-0.15, -0.1) is 0 Å². The van der Waals surface area contributed by atoms with Crippen molar-refractivity contribution in [3.8, 4) is 0 Å². The minimum Gasteiger partial charge on any atom is -0.352 e. The molecule has 0 radical (unpaired) electrons. The summed E-state index contributed by atoms with van der Waals surface area (Å²) in [6, 6.07) is 1.68. The van der Waals surface area contributed by atoms with E-state index < -0.39 is 28.9 Å². The van der Waals surface area contributed by atoms with E-state index in [-0.39, 0.29) is 5.41 Å². The van der Waals surface area contributed by atoms with E-state index in [0.29, 0.717) is 6.54 Å². The molecule has 106 valence electrons. The second kappa shape index (κ2) is 6.08. The molecular weight excluding hydrogens is 255 g/mol. The molecule has 0 aliphatic rings. The van der Waals surface area contributed by atoms with Gasteiger partial charge < -0.3 is 5.32 Å². The van der Waals surface area contributed by atoms with Crippen LogP contribution in [0.25, 0.3) is 0 Å². The summed E-state index contributed by atoms with van der Waals surface area (Å²) in [6.07, 6.45) is 1.63. The summed E-state index contributed by atoms with van der Waals surface area (Å²) in [6.45, 7) is 6.59. The standard InChI is InChI=1S/C14H18F3NO/c1-14(2,3)7-4-8-18-13(19)9-5-6-10(15)12(17)11(9)16/h5-6H,4,7-8H2,1-3H3,(H,18,19). The van der Waals surface area contributed by atoms with Crippen molar-refractivity contribution in [2.75, 3.05) is 6.54 Å². The highest BCUT2D eigenvalue weighted by molar-refractivity contribution is 5.94. The predicted octanol–water partition coefficient (Wildman–Crippen LogP) is 3.66. The zero-order valence-electron chi connectivity index (χ0n) is 11.3. The summed E-state index contributed by atoms with van der Waals surface area (Å²) in [5, 5.41) is 2.49. The Morgan fingerprint density at radius 1 is 1.16 bits per heavy atom. The van der Waals surface area contributed by atoms with Crippen LogP contribution in [0.3, 0.4) is 0 Å². The Morgan fingerprint density at radius 2 is 1.79 bits per heavy atom. The second-order valence-electron chi connectivity index (χ2n) is 5.64. The van der Waals surface area contributed by atoms with Crippen molar-refractivity contribution in [1.82, 2.24) is 5.32 Å². The molecule has 0 aromatic heterocycles. The van der Waals surface area contributed by atoms with Gasteiger partial charge in [-0.25, -0.2) is 13.2 Å². The Hall–Kier alpha value is -1.52. The van der Waals surface area contributed by atoms with Gasteiger partial charge in [0.15, 0.2) is 17.5 Å². The predicted molar refractivity (Wildman–Crippen MR) is 67.3 cm³/mol. The van der Waals surface area contributed by atoms with Gasteiger partial charge >= 0.3 is 0 Å². The molecule has 5 heteroatoms. The first-order chi connectivity index (χ1) is 8.72. The third-order valence-corrected chi connectivity index (χ3v) is 2.67. The van der Waals surface area contributed by atoms with Crippen LogP contribution in [0.1, 0.15) is 44.0 Å². The maximum absolute atomic E-state index is 13.3. The number of carbonyl (C=O) groups is 1. The molecule has 0 aliphatic carbocycles. The van der Waals surface area contributed by atoms with E-state index in [2.05, 4.69) is 26.1 Å². The van der Waals surface area contributed by atoms with Crippen molar-refractivity contribution in [2.45, 2.75) is 33.6 Å². The van der Waals surface area contributed by atoms with Gasteiger partial charge in [-0.05, 0) is 30.4 Å². The SMILES string of the molecule is CC(C)(C)CCCNC(=O)c1ccc(F)c(F)c1F. The molecule has 0 unspecified atom stereocenters. The topological polar surface area (TPSA) is 29.1 Å². The number of benzene rings is 1. The lowest BCUT2D eigenvalue weighted by Gasteiger charge is -2.17. The third kappa shape index (κ3) is 4.58. The maximum Gasteiger partial charge on any atom is 0.254 e. The lowest BCUT2D eigenvalue weighted by atomic mass is 9.91. The van der Waals surface area contributed by atoms with Crippen LogP contribution in [-0.4, -0.2) is 12.5 Å². The molecule has 0 heterocycles. The summed E-state index contributed by atoms with van der Waals surface area (Å²) < 4.78 is 39.0. The van der Waals surface area contributed by atoms with Gasteiger partial charge in [0.2, 0.25) is 0 Å². The zero-order valence-corrected chi connectivity index (χ0v) is 11.3. The maximum atomic E-state index is 13.3. The van der Waals surface area contributed by atoms with Gasteiger partial charge in [-0.3, -0.25) is 4.79 Å². The van der Waals surface area contributed by atoms with Gasteiger partial charge in [0, 0.05) is 6.54 Å². The average molecular weight is 273 g/mol. The largest absolute Gasteiger partial charge is 0.352 e. The van der Waals surface area contributed by atoms with Gasteiger partial charge in [-0.1, -0.05) is 20.8 Å². The highest BCUT2D eigenvalue weighted by Crippen LogP contribution is 2.20. The van der Waals surface area contributed by atoms with Crippen LogP contribution >= 0.6 is 0 Å². The molecule has 0 fully saturated rings. The van der Waals surface area contributed by atoms with Gasteiger partial charge in [0.1, 0.15) is 0 Å². The minimum atomic E-state index is -1.62. The van der Waals surface area contributed by atoms with E-state index >= 15 is 0 Å². The highest BCUT2D eigenvalue weighted by Gasteiger charge is 2.18. The van der Waals surface area contributed by atoms with E-state index in [4.69, 9.17) is 0 Å². The Bertz CT molecular complexity index is 466. The summed E-state index contributed by atoms with van der Waals surface area (Å²) in [5.74, 6) is -5.11. The fourth-order valence-electron chi connectivity index (χ4n) is 1.62. The number of rotatable bonds is 4. The van der Waals surface area contributed by atoms with Crippen molar-refractivity contribution in [2.24, 2.45) is 5.41 Å². The molecule has 1 aromatic rings. The molecule has 0 spiro atoms. The number of carbonyl (C=O) groups excluding carboxylic acids is 1. The number of amides is 1. The molecule has 19 heavy (non-hydrogen) atoms. The monoisotopic (exact) mass is 273 g/mol. The Labute approximate surface area is 111 Å². The number of halogens is 3. The Morgan fingerprint density at radius 3 is 2.37 bits per heavy atom. The van der Waals surface area contributed by atoms with Crippen LogP contribution in [0.5, 0.6) is 0 Å². The van der Waals surface area contributed by atoms with Crippen LogP contribution in [0, 0.1) is 22.9 Å². The summed E-state index contributed by atoms with van der Waals surface area (Å²) in [7, 11) is 0. The normalized spacial score (nSPS) is 11.5. The van der Waals surface area contributed by atoms with Gasteiger partial charge in [0.05, 0.1) is 5.56 Å². The van der Waals surface area contributed by atoms with Crippen molar-refractivity contribution in [3.05, 3.63) is 35.1 Å². The molecular formula is C14H18F3NO. The molecule has 1 aromatic carbocycles. The van der Waals surface area contributed by atoms with Crippen LogP contribution < -0.4 is 5.32 Å². The van der Waals surface area contributed by atoms with E-state index in [1.54, 1.807) is 0 Å². The van der Waals surface area contributed by atoms with E-state index in [9.17, 15) is 18.0 Å². The Balaban J connectivity index is 2.58. The van der Waals surface area contributed by atoms with Crippen molar-refractivity contribution < 1.29 is 18.0 Å². The number of hydrogen-bond donors (Lipinski definition) is 1. The molecule has 0 bridgehead atoms. The highest BCUT2D eigenvalue weighted by atomic mass is 19.2. The Kier molecular flexibility index (Phi) is 4.97. The quantitative estimate of drug-likeness (QED) is 0.658. The minimum absolute atomic E-state index is 0.151. The summed E-state index contributed by atoms with van der Waals surface area (Å²) >= 11 is 0. The zero-order chi connectivity index (χ0) is 14.6. The summed E-state index contributed by atoms with van der Waals surface area (Å²) in [4.78, 5) is 11.6. The fourth-order valence-corrected chi connectivity index (χ4v) is 1.62. The molecule has 0 atom stereocenters. The van der Waals surface area contributed by atoms with E-state index in [0.717, 1.165) is 25.0 Å². The first kappa shape index (κ1) is 15.5. The molecule has 1 amide bonds. The van der Waals surface area contributed by atoms with Crippen LogP contribution in [0.15, 0.2) is 12.1 Å². The number of hydrogen-bond acceptors (Lipinski definition) is 1. The molecule has 1 rings (SSSR count). The first-order valence-corrected chi connectivity index (χ1v) is 6.14. The first-order valence-electron chi connectivity index (χ1n) is 6.14. The van der Waals surface area contributed by atoms with Crippen LogP contribution in [-0.2, 0) is 0 Å².